The molecule has 2 aromatic rings. The Labute approximate surface area is 124 Å². The average Bonchev–Trinajstić information content (AvgIpc) is 2.48. The highest BCUT2D eigenvalue weighted by molar-refractivity contribution is 5.81. The van der Waals surface area contributed by atoms with E-state index in [1.807, 2.05) is 12.1 Å². The Bertz CT molecular complexity index is 692. The van der Waals surface area contributed by atoms with Crippen molar-refractivity contribution in [2.24, 2.45) is 0 Å². The lowest BCUT2D eigenvalue weighted by molar-refractivity contribution is 0.153. The van der Waals surface area contributed by atoms with E-state index in [9.17, 15) is 4.79 Å². The number of hydrogen-bond donors (Lipinski definition) is 0. The SMILES string of the molecule is COc1ccc2c(CN3CCCC[C@H]3C)cc(=O)oc2c1. The minimum atomic E-state index is -0.296. The fourth-order valence-corrected chi connectivity index (χ4v) is 3.08. The summed E-state index contributed by atoms with van der Waals surface area (Å²) in [4.78, 5) is 14.2. The van der Waals surface area contributed by atoms with Crippen LogP contribution in [0.3, 0.4) is 0 Å². The number of fused-ring (bicyclic) bond motifs is 1. The molecule has 1 aliphatic heterocycles. The van der Waals surface area contributed by atoms with E-state index in [4.69, 9.17) is 9.15 Å². The average molecular weight is 287 g/mol. The molecule has 0 spiro atoms. The van der Waals surface area contributed by atoms with E-state index in [1.165, 1.54) is 19.3 Å². The first-order valence-corrected chi connectivity index (χ1v) is 7.52. The van der Waals surface area contributed by atoms with Crippen LogP contribution in [0.1, 0.15) is 31.7 Å². The van der Waals surface area contributed by atoms with Crippen LogP contribution in [0.4, 0.5) is 0 Å². The maximum atomic E-state index is 11.8. The molecule has 0 saturated carbocycles. The molecule has 3 rings (SSSR count). The first-order valence-electron chi connectivity index (χ1n) is 7.52. The van der Waals surface area contributed by atoms with Crippen LogP contribution in [0.25, 0.3) is 11.0 Å². The molecule has 1 aromatic heterocycles. The van der Waals surface area contributed by atoms with Crippen molar-refractivity contribution in [3.63, 3.8) is 0 Å². The van der Waals surface area contributed by atoms with Crippen LogP contribution >= 0.6 is 0 Å². The zero-order valence-electron chi connectivity index (χ0n) is 12.6. The van der Waals surface area contributed by atoms with Crippen LogP contribution in [-0.2, 0) is 6.54 Å². The maximum absolute atomic E-state index is 11.8. The highest BCUT2D eigenvalue weighted by Crippen LogP contribution is 2.25. The first kappa shape index (κ1) is 14.1. The predicted octanol–water partition coefficient (Wildman–Crippen LogP) is 3.18. The van der Waals surface area contributed by atoms with Gasteiger partial charge in [0.15, 0.2) is 0 Å². The second kappa shape index (κ2) is 5.90. The number of nitrogens with zero attached hydrogens (tertiary/aromatic N) is 1. The molecular weight excluding hydrogens is 266 g/mol. The Morgan fingerprint density at radius 3 is 2.95 bits per heavy atom. The van der Waals surface area contributed by atoms with Crippen molar-refractivity contribution in [2.45, 2.75) is 38.8 Å². The molecule has 1 fully saturated rings. The third-order valence-corrected chi connectivity index (χ3v) is 4.35. The maximum Gasteiger partial charge on any atom is 0.336 e. The second-order valence-electron chi connectivity index (χ2n) is 5.77. The Hall–Kier alpha value is -1.81. The van der Waals surface area contributed by atoms with Gasteiger partial charge in [0.05, 0.1) is 7.11 Å². The molecular formula is C17H21NO3. The fourth-order valence-electron chi connectivity index (χ4n) is 3.08. The Kier molecular flexibility index (Phi) is 3.97. The van der Waals surface area contributed by atoms with Crippen molar-refractivity contribution < 1.29 is 9.15 Å². The van der Waals surface area contributed by atoms with Crippen LogP contribution in [-0.4, -0.2) is 24.6 Å². The Morgan fingerprint density at radius 1 is 1.33 bits per heavy atom. The molecule has 0 radical (unpaired) electrons. The van der Waals surface area contributed by atoms with Crippen molar-refractivity contribution in [2.75, 3.05) is 13.7 Å². The van der Waals surface area contributed by atoms with Gasteiger partial charge in [-0.15, -0.1) is 0 Å². The van der Waals surface area contributed by atoms with Crippen molar-refractivity contribution in [1.82, 2.24) is 4.90 Å². The van der Waals surface area contributed by atoms with Crippen LogP contribution in [0, 0.1) is 0 Å². The van der Waals surface area contributed by atoms with Gasteiger partial charge in [0.25, 0.3) is 0 Å². The fraction of sp³-hybridized carbons (Fsp3) is 0.471. The molecule has 1 saturated heterocycles. The third kappa shape index (κ3) is 2.95. The highest BCUT2D eigenvalue weighted by atomic mass is 16.5. The lowest BCUT2D eigenvalue weighted by Crippen LogP contribution is -2.36. The van der Waals surface area contributed by atoms with Crippen LogP contribution in [0.2, 0.25) is 0 Å². The number of piperidine rings is 1. The number of rotatable bonds is 3. The summed E-state index contributed by atoms with van der Waals surface area (Å²) >= 11 is 0. The van der Waals surface area contributed by atoms with Gasteiger partial charge < -0.3 is 9.15 Å². The summed E-state index contributed by atoms with van der Waals surface area (Å²) in [6.45, 7) is 4.16. The minimum absolute atomic E-state index is 0.296. The molecule has 21 heavy (non-hydrogen) atoms. The second-order valence-corrected chi connectivity index (χ2v) is 5.77. The summed E-state index contributed by atoms with van der Waals surface area (Å²) in [5.41, 5.74) is 1.34. The van der Waals surface area contributed by atoms with Crippen molar-refractivity contribution in [1.29, 1.82) is 0 Å². The normalized spacial score (nSPS) is 19.8. The van der Waals surface area contributed by atoms with E-state index in [1.54, 1.807) is 19.2 Å². The van der Waals surface area contributed by atoms with Gasteiger partial charge in [-0.2, -0.15) is 0 Å². The van der Waals surface area contributed by atoms with E-state index >= 15 is 0 Å². The van der Waals surface area contributed by atoms with Gasteiger partial charge in [-0.1, -0.05) is 6.42 Å². The molecule has 0 aliphatic carbocycles. The third-order valence-electron chi connectivity index (χ3n) is 4.35. The van der Waals surface area contributed by atoms with E-state index < -0.39 is 0 Å². The van der Waals surface area contributed by atoms with Crippen molar-refractivity contribution in [3.8, 4) is 5.75 Å². The number of ether oxygens (including phenoxy) is 1. The van der Waals surface area contributed by atoms with E-state index in [0.717, 1.165) is 24.0 Å². The summed E-state index contributed by atoms with van der Waals surface area (Å²) in [5.74, 6) is 0.703. The standard InChI is InChI=1S/C17H21NO3/c1-12-5-3-4-8-18(12)11-13-9-17(19)21-16-10-14(20-2)6-7-15(13)16/h6-7,9-10,12H,3-5,8,11H2,1-2H3/t12-/m1/s1. The molecule has 2 heterocycles. The zero-order valence-corrected chi connectivity index (χ0v) is 12.6. The summed E-state index contributed by atoms with van der Waals surface area (Å²) in [7, 11) is 1.61. The van der Waals surface area contributed by atoms with E-state index in [2.05, 4.69) is 11.8 Å². The number of likely N-dealkylation sites (tertiary alicyclic amines) is 1. The van der Waals surface area contributed by atoms with Gasteiger partial charge in [-0.25, -0.2) is 4.79 Å². The molecule has 0 N–H and O–H groups in total. The quantitative estimate of drug-likeness (QED) is 0.813. The molecule has 4 nitrogen and oxygen atoms in total. The molecule has 112 valence electrons. The molecule has 1 aliphatic rings. The van der Waals surface area contributed by atoms with Gasteiger partial charge >= 0.3 is 5.63 Å². The summed E-state index contributed by atoms with van der Waals surface area (Å²) in [6, 6.07) is 7.85. The van der Waals surface area contributed by atoms with E-state index in [0.29, 0.717) is 17.4 Å². The zero-order chi connectivity index (χ0) is 14.8. The lowest BCUT2D eigenvalue weighted by atomic mass is 10.0. The van der Waals surface area contributed by atoms with Gasteiger partial charge in [0, 0.05) is 30.1 Å². The Balaban J connectivity index is 1.99. The number of methoxy groups -OCH3 is 1. The summed E-state index contributed by atoms with van der Waals surface area (Å²) < 4.78 is 10.5. The topological polar surface area (TPSA) is 42.7 Å². The van der Waals surface area contributed by atoms with Gasteiger partial charge in [-0.05, 0) is 44.0 Å². The number of hydrogen-bond acceptors (Lipinski definition) is 4. The van der Waals surface area contributed by atoms with Crippen molar-refractivity contribution >= 4 is 11.0 Å². The van der Waals surface area contributed by atoms with Crippen LogP contribution in [0.5, 0.6) is 5.75 Å². The highest BCUT2D eigenvalue weighted by Gasteiger charge is 2.19. The van der Waals surface area contributed by atoms with Gasteiger partial charge in [-0.3, -0.25) is 4.90 Å². The molecule has 1 aromatic carbocycles. The summed E-state index contributed by atoms with van der Waals surface area (Å²) in [5, 5.41) is 0.994. The van der Waals surface area contributed by atoms with Crippen LogP contribution in [0.15, 0.2) is 33.5 Å². The summed E-state index contributed by atoms with van der Waals surface area (Å²) in [6.07, 6.45) is 3.76. The largest absolute Gasteiger partial charge is 0.497 e. The van der Waals surface area contributed by atoms with Crippen molar-refractivity contribution in [3.05, 3.63) is 40.2 Å². The molecule has 0 amide bonds. The van der Waals surface area contributed by atoms with E-state index in [-0.39, 0.29) is 5.63 Å². The van der Waals surface area contributed by atoms with Crippen LogP contribution < -0.4 is 10.4 Å². The first-order chi connectivity index (χ1) is 10.2. The van der Waals surface area contributed by atoms with Gasteiger partial charge in [0.1, 0.15) is 11.3 Å². The lowest BCUT2D eigenvalue weighted by Gasteiger charge is -2.33. The monoisotopic (exact) mass is 287 g/mol. The predicted molar refractivity (Wildman–Crippen MR) is 82.8 cm³/mol. The smallest absolute Gasteiger partial charge is 0.336 e. The Morgan fingerprint density at radius 2 is 2.19 bits per heavy atom. The number of benzene rings is 1. The molecule has 0 unspecified atom stereocenters. The minimum Gasteiger partial charge on any atom is -0.497 e. The molecule has 1 atom stereocenters. The molecule has 4 heteroatoms. The molecule has 0 bridgehead atoms. The van der Waals surface area contributed by atoms with Gasteiger partial charge in [0.2, 0.25) is 0 Å².